The van der Waals surface area contributed by atoms with E-state index >= 15 is 0 Å². The van der Waals surface area contributed by atoms with Crippen LogP contribution in [-0.4, -0.2) is 25.6 Å². The Morgan fingerprint density at radius 3 is 2.50 bits per heavy atom. The lowest BCUT2D eigenvalue weighted by atomic mass is 10.00. The van der Waals surface area contributed by atoms with Crippen molar-refractivity contribution in [3.63, 3.8) is 0 Å². The number of hydrogen-bond acceptors (Lipinski definition) is 4. The molecule has 5 heteroatoms. The third-order valence-corrected chi connectivity index (χ3v) is 4.56. The second kappa shape index (κ2) is 9.04. The second-order valence-corrected chi connectivity index (χ2v) is 6.51. The average molecular weight is 377 g/mol. The van der Waals surface area contributed by atoms with Crippen molar-refractivity contribution < 1.29 is 19.1 Å². The lowest BCUT2D eigenvalue weighted by Crippen LogP contribution is -2.31. The van der Waals surface area contributed by atoms with Crippen molar-refractivity contribution in [2.75, 3.05) is 13.7 Å². The molecule has 0 bridgehead atoms. The van der Waals surface area contributed by atoms with Crippen molar-refractivity contribution in [3.8, 4) is 5.75 Å². The highest BCUT2D eigenvalue weighted by molar-refractivity contribution is 5.87. The van der Waals surface area contributed by atoms with Gasteiger partial charge in [0, 0.05) is 5.56 Å². The van der Waals surface area contributed by atoms with E-state index in [1.54, 1.807) is 19.2 Å². The Balaban J connectivity index is 1.56. The summed E-state index contributed by atoms with van der Waals surface area (Å²) in [7, 11) is 1.55. The summed E-state index contributed by atoms with van der Waals surface area (Å²) in [5.74, 6) is -0.195. The largest absolute Gasteiger partial charge is 0.496 e. The summed E-state index contributed by atoms with van der Waals surface area (Å²) in [4.78, 5) is 24.3. The number of para-hydroxylation sites is 1. The molecular formula is C23H23NO4. The van der Waals surface area contributed by atoms with E-state index < -0.39 is 5.97 Å². The van der Waals surface area contributed by atoms with Gasteiger partial charge in [0.05, 0.1) is 19.6 Å². The number of rotatable bonds is 7. The van der Waals surface area contributed by atoms with Gasteiger partial charge in [-0.05, 0) is 29.3 Å². The minimum Gasteiger partial charge on any atom is -0.496 e. The van der Waals surface area contributed by atoms with Crippen LogP contribution in [0.4, 0.5) is 0 Å². The van der Waals surface area contributed by atoms with Crippen molar-refractivity contribution in [3.05, 3.63) is 77.9 Å². The number of ether oxygens (including phenoxy) is 2. The zero-order valence-electron chi connectivity index (χ0n) is 16.0. The number of esters is 1. The van der Waals surface area contributed by atoms with Gasteiger partial charge in [0.1, 0.15) is 5.75 Å². The molecule has 0 aliphatic rings. The van der Waals surface area contributed by atoms with E-state index in [-0.39, 0.29) is 25.0 Å². The van der Waals surface area contributed by atoms with Gasteiger partial charge in [0.25, 0.3) is 5.91 Å². The maximum Gasteiger partial charge on any atom is 0.310 e. The van der Waals surface area contributed by atoms with Gasteiger partial charge in [-0.15, -0.1) is 0 Å². The number of hydrogen-bond donors (Lipinski definition) is 1. The third-order valence-electron chi connectivity index (χ3n) is 4.56. The predicted molar refractivity (Wildman–Crippen MR) is 108 cm³/mol. The second-order valence-electron chi connectivity index (χ2n) is 6.51. The molecule has 0 aliphatic heterocycles. The number of methoxy groups -OCH3 is 1. The van der Waals surface area contributed by atoms with Gasteiger partial charge in [-0.2, -0.15) is 0 Å². The van der Waals surface area contributed by atoms with Crippen molar-refractivity contribution in [2.24, 2.45) is 0 Å². The summed E-state index contributed by atoms with van der Waals surface area (Å²) in [5.41, 5.74) is 1.74. The van der Waals surface area contributed by atoms with Crippen molar-refractivity contribution in [2.45, 2.75) is 19.4 Å². The zero-order valence-corrected chi connectivity index (χ0v) is 16.0. The Labute approximate surface area is 164 Å². The highest BCUT2D eigenvalue weighted by Gasteiger charge is 2.15. The molecule has 144 valence electrons. The minimum absolute atomic E-state index is 0.0518. The predicted octanol–water partition coefficient (Wildman–Crippen LogP) is 3.81. The van der Waals surface area contributed by atoms with Crippen LogP contribution < -0.4 is 10.1 Å². The first kappa shape index (κ1) is 19.4. The molecule has 0 unspecified atom stereocenters. The van der Waals surface area contributed by atoms with Crippen LogP contribution in [0.25, 0.3) is 10.8 Å². The first-order valence-electron chi connectivity index (χ1n) is 9.13. The van der Waals surface area contributed by atoms with Crippen LogP contribution in [0.3, 0.4) is 0 Å². The first-order valence-corrected chi connectivity index (χ1v) is 9.13. The quantitative estimate of drug-likeness (QED) is 0.636. The highest BCUT2D eigenvalue weighted by Crippen LogP contribution is 2.24. The molecule has 3 aromatic rings. The summed E-state index contributed by atoms with van der Waals surface area (Å²) < 4.78 is 10.3. The fourth-order valence-corrected chi connectivity index (χ4v) is 3.19. The summed E-state index contributed by atoms with van der Waals surface area (Å²) >= 11 is 0. The summed E-state index contributed by atoms with van der Waals surface area (Å²) in [6, 6.07) is 21.0. The van der Waals surface area contributed by atoms with E-state index in [0.717, 1.165) is 21.9 Å². The molecule has 1 atom stereocenters. The third kappa shape index (κ3) is 4.68. The summed E-state index contributed by atoms with van der Waals surface area (Å²) in [6.45, 7) is 1.60. The molecule has 1 amide bonds. The van der Waals surface area contributed by atoms with Gasteiger partial charge >= 0.3 is 5.97 Å². The van der Waals surface area contributed by atoms with Crippen LogP contribution in [0.5, 0.6) is 5.75 Å². The van der Waals surface area contributed by atoms with Gasteiger partial charge in [0.2, 0.25) is 0 Å². The Kier molecular flexibility index (Phi) is 6.27. The maximum absolute atomic E-state index is 12.2. The molecular weight excluding hydrogens is 354 g/mol. The average Bonchev–Trinajstić information content (AvgIpc) is 2.72. The van der Waals surface area contributed by atoms with Gasteiger partial charge in [0.15, 0.2) is 6.61 Å². The monoisotopic (exact) mass is 377 g/mol. The molecule has 28 heavy (non-hydrogen) atoms. The van der Waals surface area contributed by atoms with E-state index in [1.807, 2.05) is 61.5 Å². The standard InChI is InChI=1S/C23H23NO4/c1-16(19-12-7-10-17-8-3-5-11-20(17)19)24-22(25)15-28-23(26)14-18-9-4-6-13-21(18)27-2/h3-13,16H,14-15H2,1-2H3,(H,24,25)/t16-/m1/s1. The van der Waals surface area contributed by atoms with Gasteiger partial charge in [-0.1, -0.05) is 60.7 Å². The fourth-order valence-electron chi connectivity index (χ4n) is 3.19. The molecule has 0 saturated heterocycles. The SMILES string of the molecule is COc1ccccc1CC(=O)OCC(=O)N[C@H](C)c1cccc2ccccc12. The Morgan fingerprint density at radius 1 is 0.964 bits per heavy atom. The lowest BCUT2D eigenvalue weighted by molar-refractivity contribution is -0.148. The summed E-state index contributed by atoms with van der Waals surface area (Å²) in [5, 5.41) is 5.09. The van der Waals surface area contributed by atoms with Crippen molar-refractivity contribution in [1.82, 2.24) is 5.32 Å². The van der Waals surface area contributed by atoms with Gasteiger partial charge in [-0.25, -0.2) is 0 Å². The van der Waals surface area contributed by atoms with Crippen LogP contribution >= 0.6 is 0 Å². The number of amides is 1. The van der Waals surface area contributed by atoms with E-state index in [0.29, 0.717) is 5.75 Å². The molecule has 0 fully saturated rings. The van der Waals surface area contributed by atoms with Crippen LogP contribution in [0.15, 0.2) is 66.7 Å². The number of benzene rings is 3. The van der Waals surface area contributed by atoms with Crippen molar-refractivity contribution in [1.29, 1.82) is 0 Å². The number of nitrogens with one attached hydrogen (secondary N) is 1. The maximum atomic E-state index is 12.2. The van der Waals surface area contributed by atoms with E-state index in [2.05, 4.69) is 5.32 Å². The van der Waals surface area contributed by atoms with Crippen molar-refractivity contribution >= 4 is 22.6 Å². The molecule has 0 heterocycles. The molecule has 1 N–H and O–H groups in total. The van der Waals surface area contributed by atoms with Crippen LogP contribution in [0.2, 0.25) is 0 Å². The first-order chi connectivity index (χ1) is 13.6. The van der Waals surface area contributed by atoms with Crippen LogP contribution in [0.1, 0.15) is 24.1 Å². The van der Waals surface area contributed by atoms with Gasteiger partial charge < -0.3 is 14.8 Å². The van der Waals surface area contributed by atoms with E-state index in [1.165, 1.54) is 0 Å². The number of carbonyl (C=O) groups excluding carboxylic acids is 2. The molecule has 5 nitrogen and oxygen atoms in total. The van der Waals surface area contributed by atoms with Crippen LogP contribution in [0, 0.1) is 0 Å². The normalized spacial score (nSPS) is 11.6. The smallest absolute Gasteiger partial charge is 0.310 e. The molecule has 0 spiro atoms. The Hall–Kier alpha value is -3.34. The van der Waals surface area contributed by atoms with E-state index in [9.17, 15) is 9.59 Å². The zero-order chi connectivity index (χ0) is 19.9. The van der Waals surface area contributed by atoms with Crippen LogP contribution in [-0.2, 0) is 20.7 Å². The Morgan fingerprint density at radius 2 is 1.68 bits per heavy atom. The number of fused-ring (bicyclic) bond motifs is 1. The van der Waals surface area contributed by atoms with Gasteiger partial charge in [-0.3, -0.25) is 9.59 Å². The molecule has 0 radical (unpaired) electrons. The topological polar surface area (TPSA) is 64.6 Å². The summed E-state index contributed by atoms with van der Waals surface area (Å²) in [6.07, 6.45) is 0.0518. The van der Waals surface area contributed by atoms with E-state index in [4.69, 9.17) is 9.47 Å². The molecule has 3 rings (SSSR count). The molecule has 0 aliphatic carbocycles. The molecule has 0 saturated carbocycles. The minimum atomic E-state index is -0.475. The number of carbonyl (C=O) groups is 2. The fraction of sp³-hybridized carbons (Fsp3) is 0.217. The highest BCUT2D eigenvalue weighted by atomic mass is 16.5. The molecule has 3 aromatic carbocycles. The molecule has 0 aromatic heterocycles. The lowest BCUT2D eigenvalue weighted by Gasteiger charge is -2.16. The Bertz CT molecular complexity index is 978.